The molecule has 2 amide bonds. The Labute approximate surface area is 105 Å². The smallest absolute Gasteiger partial charge is 0.328 e. The predicted octanol–water partition coefficient (Wildman–Crippen LogP) is 2.07. The van der Waals surface area contributed by atoms with E-state index in [1.807, 2.05) is 0 Å². The molecule has 94 valence electrons. The van der Waals surface area contributed by atoms with Crippen LogP contribution in [0.1, 0.15) is 18.4 Å². The molecule has 0 unspecified atom stereocenters. The number of carboxylic acids is 1. The van der Waals surface area contributed by atoms with E-state index in [1.165, 1.54) is 6.08 Å². The molecule has 0 heterocycles. The number of aliphatic carboxylic acids is 1. The van der Waals surface area contributed by atoms with Gasteiger partial charge in [0.2, 0.25) is 0 Å². The van der Waals surface area contributed by atoms with Crippen molar-refractivity contribution in [3.8, 4) is 0 Å². The molecule has 0 bridgehead atoms. The summed E-state index contributed by atoms with van der Waals surface area (Å²) in [5, 5.41) is 14.0. The molecule has 2 rings (SSSR count). The van der Waals surface area contributed by atoms with Gasteiger partial charge in [-0.3, -0.25) is 0 Å². The summed E-state index contributed by atoms with van der Waals surface area (Å²) in [5.41, 5.74) is 1.45. The van der Waals surface area contributed by atoms with Crippen LogP contribution >= 0.6 is 0 Å². The van der Waals surface area contributed by atoms with E-state index in [2.05, 4.69) is 10.6 Å². The van der Waals surface area contributed by atoms with E-state index in [1.54, 1.807) is 24.3 Å². The average Bonchev–Trinajstić information content (AvgIpc) is 3.12. The second-order valence-electron chi connectivity index (χ2n) is 4.17. The molecule has 1 fully saturated rings. The first-order valence-electron chi connectivity index (χ1n) is 5.72. The van der Waals surface area contributed by atoms with E-state index in [9.17, 15) is 9.59 Å². The lowest BCUT2D eigenvalue weighted by Crippen LogP contribution is -2.30. The van der Waals surface area contributed by atoms with Gasteiger partial charge >= 0.3 is 12.0 Å². The summed E-state index contributed by atoms with van der Waals surface area (Å²) < 4.78 is 0. The number of hydrogen-bond acceptors (Lipinski definition) is 2. The molecule has 5 heteroatoms. The minimum Gasteiger partial charge on any atom is -0.478 e. The van der Waals surface area contributed by atoms with Gasteiger partial charge in [0.05, 0.1) is 0 Å². The van der Waals surface area contributed by atoms with Crippen molar-refractivity contribution in [3.63, 3.8) is 0 Å². The Balaban J connectivity index is 1.90. The standard InChI is InChI=1S/C13H14N2O3/c16-12(17)8-3-9-1-4-10(5-2-9)14-13(18)15-11-6-7-11/h1-5,8,11H,6-7H2,(H,16,17)(H2,14,15,18). The number of amides is 2. The maximum absolute atomic E-state index is 11.4. The number of carboxylic acid groups (broad SMARTS) is 1. The molecule has 0 spiro atoms. The Bertz CT molecular complexity index is 476. The van der Waals surface area contributed by atoms with Crippen LogP contribution in [0, 0.1) is 0 Å². The van der Waals surface area contributed by atoms with Crippen molar-refractivity contribution in [3.05, 3.63) is 35.9 Å². The fourth-order valence-electron chi connectivity index (χ4n) is 1.43. The van der Waals surface area contributed by atoms with Crippen molar-refractivity contribution in [2.75, 3.05) is 5.32 Å². The van der Waals surface area contributed by atoms with Crippen LogP contribution in [0.25, 0.3) is 6.08 Å². The van der Waals surface area contributed by atoms with E-state index in [0.717, 1.165) is 24.5 Å². The zero-order chi connectivity index (χ0) is 13.0. The predicted molar refractivity (Wildman–Crippen MR) is 68.3 cm³/mol. The van der Waals surface area contributed by atoms with Gasteiger partial charge in [-0.05, 0) is 36.6 Å². The lowest BCUT2D eigenvalue weighted by molar-refractivity contribution is -0.131. The number of carbonyl (C=O) groups excluding carboxylic acids is 1. The van der Waals surface area contributed by atoms with E-state index in [-0.39, 0.29) is 6.03 Å². The van der Waals surface area contributed by atoms with Crippen LogP contribution in [-0.2, 0) is 4.79 Å². The van der Waals surface area contributed by atoms with Gasteiger partial charge in [0.25, 0.3) is 0 Å². The third-order valence-electron chi connectivity index (χ3n) is 2.50. The van der Waals surface area contributed by atoms with Crippen molar-refractivity contribution in [2.24, 2.45) is 0 Å². The lowest BCUT2D eigenvalue weighted by atomic mass is 10.2. The molecule has 1 aliphatic rings. The van der Waals surface area contributed by atoms with Crippen molar-refractivity contribution in [2.45, 2.75) is 18.9 Å². The topological polar surface area (TPSA) is 78.4 Å². The lowest BCUT2D eigenvalue weighted by Gasteiger charge is -2.06. The molecule has 5 nitrogen and oxygen atoms in total. The van der Waals surface area contributed by atoms with Gasteiger partial charge in [0.15, 0.2) is 0 Å². The number of carbonyl (C=O) groups is 2. The highest BCUT2D eigenvalue weighted by Crippen LogP contribution is 2.19. The van der Waals surface area contributed by atoms with Crippen LogP contribution in [0.3, 0.4) is 0 Å². The third kappa shape index (κ3) is 3.93. The minimum absolute atomic E-state index is 0.202. The maximum atomic E-state index is 11.4. The van der Waals surface area contributed by atoms with Crippen molar-refractivity contribution >= 4 is 23.8 Å². The molecular formula is C13H14N2O3. The summed E-state index contributed by atoms with van der Waals surface area (Å²) in [5.74, 6) is -0.985. The van der Waals surface area contributed by atoms with Gasteiger partial charge in [-0.25, -0.2) is 9.59 Å². The molecule has 1 aliphatic carbocycles. The van der Waals surface area contributed by atoms with Crippen molar-refractivity contribution in [1.29, 1.82) is 0 Å². The highest BCUT2D eigenvalue weighted by molar-refractivity contribution is 5.90. The van der Waals surface area contributed by atoms with Crippen LogP contribution in [0.5, 0.6) is 0 Å². The van der Waals surface area contributed by atoms with Crippen LogP contribution in [0.2, 0.25) is 0 Å². The number of hydrogen-bond donors (Lipinski definition) is 3. The molecule has 3 N–H and O–H groups in total. The van der Waals surface area contributed by atoms with Crippen molar-refractivity contribution < 1.29 is 14.7 Å². The molecule has 1 aromatic carbocycles. The Hall–Kier alpha value is -2.30. The second-order valence-corrected chi connectivity index (χ2v) is 4.17. The Morgan fingerprint density at radius 3 is 2.44 bits per heavy atom. The third-order valence-corrected chi connectivity index (χ3v) is 2.50. The molecule has 1 saturated carbocycles. The zero-order valence-electron chi connectivity index (χ0n) is 9.72. The second kappa shape index (κ2) is 5.35. The first-order valence-corrected chi connectivity index (χ1v) is 5.72. The highest BCUT2D eigenvalue weighted by atomic mass is 16.4. The number of rotatable bonds is 4. The molecule has 18 heavy (non-hydrogen) atoms. The largest absolute Gasteiger partial charge is 0.478 e. The normalized spacial score (nSPS) is 14.4. The summed E-state index contributed by atoms with van der Waals surface area (Å²) in [6, 6.07) is 7.06. The Morgan fingerprint density at radius 2 is 1.89 bits per heavy atom. The van der Waals surface area contributed by atoms with E-state index < -0.39 is 5.97 Å². The van der Waals surface area contributed by atoms with Gasteiger partial charge in [0.1, 0.15) is 0 Å². The minimum atomic E-state index is -0.985. The molecule has 1 aromatic rings. The Morgan fingerprint density at radius 1 is 1.22 bits per heavy atom. The van der Waals surface area contributed by atoms with Crippen LogP contribution in [0.15, 0.2) is 30.3 Å². The Kier molecular flexibility index (Phi) is 3.62. The quantitative estimate of drug-likeness (QED) is 0.711. The van der Waals surface area contributed by atoms with Gasteiger partial charge in [-0.2, -0.15) is 0 Å². The van der Waals surface area contributed by atoms with Gasteiger partial charge < -0.3 is 15.7 Å². The SMILES string of the molecule is O=C(O)C=Cc1ccc(NC(=O)NC2CC2)cc1. The summed E-state index contributed by atoms with van der Waals surface area (Å²) in [7, 11) is 0. The molecule has 0 radical (unpaired) electrons. The molecule has 0 aliphatic heterocycles. The summed E-state index contributed by atoms with van der Waals surface area (Å²) in [4.78, 5) is 21.8. The van der Waals surface area contributed by atoms with Gasteiger partial charge in [-0.1, -0.05) is 12.1 Å². The van der Waals surface area contributed by atoms with Crippen LogP contribution < -0.4 is 10.6 Å². The average molecular weight is 246 g/mol. The van der Waals surface area contributed by atoms with Crippen molar-refractivity contribution in [1.82, 2.24) is 5.32 Å². The van der Waals surface area contributed by atoms with E-state index in [0.29, 0.717) is 11.7 Å². The van der Waals surface area contributed by atoms with E-state index >= 15 is 0 Å². The summed E-state index contributed by atoms with van der Waals surface area (Å²) >= 11 is 0. The fourth-order valence-corrected chi connectivity index (χ4v) is 1.43. The number of benzene rings is 1. The first-order chi connectivity index (χ1) is 8.63. The van der Waals surface area contributed by atoms with E-state index in [4.69, 9.17) is 5.11 Å². The molecule has 0 atom stereocenters. The molecular weight excluding hydrogens is 232 g/mol. The monoisotopic (exact) mass is 246 g/mol. The number of nitrogens with one attached hydrogen (secondary N) is 2. The van der Waals surface area contributed by atoms with Crippen LogP contribution in [-0.4, -0.2) is 23.1 Å². The summed E-state index contributed by atoms with van der Waals surface area (Å²) in [6.45, 7) is 0. The first kappa shape index (κ1) is 12.2. The molecule has 0 aromatic heterocycles. The van der Waals surface area contributed by atoms with Gasteiger partial charge in [-0.15, -0.1) is 0 Å². The summed E-state index contributed by atoms with van der Waals surface area (Å²) in [6.07, 6.45) is 4.66. The number of urea groups is 1. The van der Waals surface area contributed by atoms with Crippen LogP contribution in [0.4, 0.5) is 10.5 Å². The fraction of sp³-hybridized carbons (Fsp3) is 0.231. The van der Waals surface area contributed by atoms with Gasteiger partial charge in [0, 0.05) is 17.8 Å². The number of anilines is 1. The zero-order valence-corrected chi connectivity index (χ0v) is 9.72. The maximum Gasteiger partial charge on any atom is 0.328 e. The molecule has 0 saturated heterocycles. The highest BCUT2D eigenvalue weighted by Gasteiger charge is 2.22.